The molecule has 0 radical (unpaired) electrons. The van der Waals surface area contributed by atoms with Crippen molar-refractivity contribution in [3.05, 3.63) is 23.0 Å². The smallest absolute Gasteiger partial charge is 0.236 e. The Morgan fingerprint density at radius 1 is 1.47 bits per heavy atom. The molecule has 2 heterocycles. The molecule has 2 aromatic heterocycles. The van der Waals surface area contributed by atoms with Gasteiger partial charge in [-0.2, -0.15) is 0 Å². The third-order valence-electron chi connectivity index (χ3n) is 2.12. The molecular weight excluding hydrogens is 282 g/mol. The van der Waals surface area contributed by atoms with E-state index in [0.29, 0.717) is 10.3 Å². The quantitative estimate of drug-likeness (QED) is 0.670. The highest BCUT2D eigenvalue weighted by atomic mass is 32.2. The highest BCUT2D eigenvalue weighted by molar-refractivity contribution is 7.99. The van der Waals surface area contributed by atoms with Crippen LogP contribution < -0.4 is 5.32 Å². The number of nitrogens with zero attached hydrogens (tertiary/aromatic N) is 4. The van der Waals surface area contributed by atoms with Gasteiger partial charge in [0.05, 0.1) is 5.75 Å². The number of carbonyl (C=O) groups excluding carboxylic acids is 1. The summed E-state index contributed by atoms with van der Waals surface area (Å²) in [4.78, 5) is 20.0. The number of hydrogen-bond acceptors (Lipinski definition) is 7. The molecule has 0 unspecified atom stereocenters. The maximum atomic E-state index is 11.7. The molecule has 0 aliphatic heterocycles. The van der Waals surface area contributed by atoms with Crippen molar-refractivity contribution in [1.82, 2.24) is 20.2 Å². The van der Waals surface area contributed by atoms with Gasteiger partial charge in [0.1, 0.15) is 5.01 Å². The maximum Gasteiger partial charge on any atom is 0.236 e. The van der Waals surface area contributed by atoms with E-state index in [2.05, 4.69) is 25.5 Å². The molecule has 0 spiro atoms. The second-order valence-electron chi connectivity index (χ2n) is 3.67. The third kappa shape index (κ3) is 4.25. The van der Waals surface area contributed by atoms with Crippen molar-refractivity contribution >= 4 is 34.1 Å². The summed E-state index contributed by atoms with van der Waals surface area (Å²) in [7, 11) is 0. The predicted molar refractivity (Wildman–Crippen MR) is 75.4 cm³/mol. The van der Waals surface area contributed by atoms with Gasteiger partial charge in [-0.15, -0.1) is 10.2 Å². The Morgan fingerprint density at radius 3 is 3.00 bits per heavy atom. The fourth-order valence-corrected chi connectivity index (χ4v) is 2.60. The molecule has 19 heavy (non-hydrogen) atoms. The van der Waals surface area contributed by atoms with Gasteiger partial charge in [0.15, 0.2) is 5.16 Å². The first kappa shape index (κ1) is 13.9. The van der Waals surface area contributed by atoms with Crippen LogP contribution in [0.15, 0.2) is 17.4 Å². The first-order valence-corrected chi connectivity index (χ1v) is 7.52. The topological polar surface area (TPSA) is 80.7 Å². The van der Waals surface area contributed by atoms with Gasteiger partial charge in [0.25, 0.3) is 0 Å². The molecule has 0 aromatic carbocycles. The maximum absolute atomic E-state index is 11.7. The standard InChI is InChI=1S/C11H13N5OS2/c1-3-9-15-16-11(19-9)14-8(17)6-18-10-12-5-4-7(2)13-10/h4-5H,3,6H2,1-2H3,(H,14,16,17). The molecule has 8 heteroatoms. The fourth-order valence-electron chi connectivity index (χ4n) is 1.23. The van der Waals surface area contributed by atoms with Crippen LogP contribution in [0.3, 0.4) is 0 Å². The zero-order chi connectivity index (χ0) is 13.7. The van der Waals surface area contributed by atoms with Gasteiger partial charge in [-0.1, -0.05) is 30.0 Å². The lowest BCUT2D eigenvalue weighted by atomic mass is 10.5. The van der Waals surface area contributed by atoms with E-state index in [-0.39, 0.29) is 11.7 Å². The number of aryl methyl sites for hydroxylation is 2. The average Bonchev–Trinajstić information content (AvgIpc) is 2.84. The average molecular weight is 295 g/mol. The predicted octanol–water partition coefficient (Wildman–Crippen LogP) is 1.93. The summed E-state index contributed by atoms with van der Waals surface area (Å²) < 4.78 is 0. The van der Waals surface area contributed by atoms with Gasteiger partial charge in [-0.05, 0) is 19.4 Å². The van der Waals surface area contributed by atoms with Crippen LogP contribution in [-0.2, 0) is 11.2 Å². The summed E-state index contributed by atoms with van der Waals surface area (Å²) >= 11 is 2.69. The van der Waals surface area contributed by atoms with E-state index in [9.17, 15) is 4.79 Å². The Bertz CT molecular complexity index is 572. The number of nitrogens with one attached hydrogen (secondary N) is 1. The molecule has 6 nitrogen and oxygen atoms in total. The molecule has 0 fully saturated rings. The molecule has 0 saturated heterocycles. The van der Waals surface area contributed by atoms with E-state index in [4.69, 9.17) is 0 Å². The molecule has 2 aromatic rings. The second kappa shape index (κ2) is 6.58. The number of hydrogen-bond donors (Lipinski definition) is 1. The summed E-state index contributed by atoms with van der Waals surface area (Å²) in [6.45, 7) is 3.89. The van der Waals surface area contributed by atoms with Crippen LogP contribution in [0, 0.1) is 6.92 Å². The van der Waals surface area contributed by atoms with Crippen LogP contribution in [0.4, 0.5) is 5.13 Å². The fraction of sp³-hybridized carbons (Fsp3) is 0.364. The lowest BCUT2D eigenvalue weighted by molar-refractivity contribution is -0.113. The first-order valence-electron chi connectivity index (χ1n) is 5.72. The molecule has 2 rings (SSSR count). The van der Waals surface area contributed by atoms with Gasteiger partial charge < -0.3 is 0 Å². The highest BCUT2D eigenvalue weighted by Gasteiger charge is 2.08. The first-order chi connectivity index (χ1) is 9.17. The van der Waals surface area contributed by atoms with Crippen molar-refractivity contribution in [3.63, 3.8) is 0 Å². The van der Waals surface area contributed by atoms with Crippen molar-refractivity contribution in [3.8, 4) is 0 Å². The molecule has 0 bridgehead atoms. The Hall–Kier alpha value is -1.54. The zero-order valence-electron chi connectivity index (χ0n) is 10.6. The molecule has 100 valence electrons. The highest BCUT2D eigenvalue weighted by Crippen LogP contribution is 2.17. The molecule has 0 atom stereocenters. The molecule has 1 N–H and O–H groups in total. The molecular formula is C11H13N5OS2. The number of anilines is 1. The number of amides is 1. The summed E-state index contributed by atoms with van der Waals surface area (Å²) in [5.74, 6) is 0.124. The Morgan fingerprint density at radius 2 is 2.32 bits per heavy atom. The van der Waals surface area contributed by atoms with Crippen molar-refractivity contribution < 1.29 is 4.79 Å². The van der Waals surface area contributed by atoms with Crippen molar-refractivity contribution in [2.45, 2.75) is 25.4 Å². The molecule has 1 amide bonds. The van der Waals surface area contributed by atoms with Crippen LogP contribution in [-0.4, -0.2) is 31.8 Å². The number of rotatable bonds is 5. The van der Waals surface area contributed by atoms with E-state index >= 15 is 0 Å². The number of aromatic nitrogens is 4. The lowest BCUT2D eigenvalue weighted by Crippen LogP contribution is -2.14. The van der Waals surface area contributed by atoms with Gasteiger partial charge in [-0.25, -0.2) is 9.97 Å². The van der Waals surface area contributed by atoms with E-state index < -0.39 is 0 Å². The van der Waals surface area contributed by atoms with Crippen LogP contribution in [0.1, 0.15) is 17.6 Å². The molecule has 0 aliphatic carbocycles. The normalized spacial score (nSPS) is 10.4. The minimum absolute atomic E-state index is 0.131. The SMILES string of the molecule is CCc1nnc(NC(=O)CSc2nccc(C)n2)s1. The van der Waals surface area contributed by atoms with Gasteiger partial charge in [-0.3, -0.25) is 10.1 Å². The van der Waals surface area contributed by atoms with Crippen molar-refractivity contribution in [1.29, 1.82) is 0 Å². The van der Waals surface area contributed by atoms with Gasteiger partial charge in [0, 0.05) is 11.9 Å². The van der Waals surface area contributed by atoms with E-state index in [1.807, 2.05) is 19.9 Å². The van der Waals surface area contributed by atoms with E-state index in [1.165, 1.54) is 23.1 Å². The van der Waals surface area contributed by atoms with Crippen LogP contribution >= 0.6 is 23.1 Å². The van der Waals surface area contributed by atoms with Crippen LogP contribution in [0.2, 0.25) is 0 Å². The minimum atomic E-state index is -0.131. The van der Waals surface area contributed by atoms with Gasteiger partial charge >= 0.3 is 0 Å². The zero-order valence-corrected chi connectivity index (χ0v) is 12.2. The summed E-state index contributed by atoms with van der Waals surface area (Å²) in [6.07, 6.45) is 2.50. The summed E-state index contributed by atoms with van der Waals surface area (Å²) in [6, 6.07) is 1.82. The van der Waals surface area contributed by atoms with E-state index in [1.54, 1.807) is 6.20 Å². The minimum Gasteiger partial charge on any atom is -0.300 e. The number of thioether (sulfide) groups is 1. The number of carbonyl (C=O) groups is 1. The summed E-state index contributed by atoms with van der Waals surface area (Å²) in [5, 5.41) is 12.6. The van der Waals surface area contributed by atoms with Crippen LogP contribution in [0.5, 0.6) is 0 Å². The third-order valence-corrected chi connectivity index (χ3v) is 3.97. The van der Waals surface area contributed by atoms with Gasteiger partial charge in [0.2, 0.25) is 11.0 Å². The summed E-state index contributed by atoms with van der Waals surface area (Å²) in [5.41, 5.74) is 0.884. The van der Waals surface area contributed by atoms with Crippen molar-refractivity contribution in [2.24, 2.45) is 0 Å². The molecule has 0 aliphatic rings. The second-order valence-corrected chi connectivity index (χ2v) is 5.68. The lowest BCUT2D eigenvalue weighted by Gasteiger charge is -2.01. The van der Waals surface area contributed by atoms with Crippen LogP contribution in [0.25, 0.3) is 0 Å². The van der Waals surface area contributed by atoms with E-state index in [0.717, 1.165) is 17.1 Å². The van der Waals surface area contributed by atoms with Crippen molar-refractivity contribution in [2.75, 3.05) is 11.1 Å². The molecule has 0 saturated carbocycles. The monoisotopic (exact) mass is 295 g/mol. The Kier molecular flexibility index (Phi) is 4.80. The Balaban J connectivity index is 1.84. The largest absolute Gasteiger partial charge is 0.300 e. The Labute approximate surface area is 119 Å².